The molecule has 2 rings (SSSR count). The lowest BCUT2D eigenvalue weighted by atomic mass is 10.0. The fourth-order valence-corrected chi connectivity index (χ4v) is 3.35. The van der Waals surface area contributed by atoms with E-state index in [0.29, 0.717) is 12.0 Å². The number of benzene rings is 1. The molecule has 1 aromatic carbocycles. The van der Waals surface area contributed by atoms with Crippen LogP contribution in [0.4, 0.5) is 0 Å². The summed E-state index contributed by atoms with van der Waals surface area (Å²) in [6.07, 6.45) is 1.25. The van der Waals surface area contributed by atoms with E-state index in [0.717, 1.165) is 6.42 Å². The number of nitrogens with one attached hydrogen (secondary N) is 1. The third kappa shape index (κ3) is 2.82. The third-order valence-corrected chi connectivity index (χ3v) is 4.52. The second-order valence-electron chi connectivity index (χ2n) is 4.61. The molecule has 2 N–H and O–H groups in total. The topological polar surface area (TPSA) is 95.8 Å². The van der Waals surface area contributed by atoms with E-state index in [-0.39, 0.29) is 17.3 Å². The summed E-state index contributed by atoms with van der Waals surface area (Å²) in [5.74, 6) is -1.28. The zero-order chi connectivity index (χ0) is 14.8. The summed E-state index contributed by atoms with van der Waals surface area (Å²) < 4.78 is 26.1. The summed E-state index contributed by atoms with van der Waals surface area (Å²) in [5, 5.41) is 9.07. The Morgan fingerprint density at radius 3 is 2.75 bits per heavy atom. The zero-order valence-corrected chi connectivity index (χ0v) is 11.9. The molecule has 0 saturated carbocycles. The lowest BCUT2D eigenvalue weighted by Gasteiger charge is -2.08. The Labute approximate surface area is 117 Å². The number of hydrogen-bond acceptors (Lipinski definition) is 4. The first-order chi connectivity index (χ1) is 9.45. The molecule has 1 heterocycles. The molecule has 1 unspecified atom stereocenters. The van der Waals surface area contributed by atoms with Gasteiger partial charge in [0.2, 0.25) is 0 Å². The molecule has 1 aromatic rings. The number of nitrogens with zero attached hydrogens (tertiary/aromatic N) is 1. The second-order valence-corrected chi connectivity index (χ2v) is 6.27. The van der Waals surface area contributed by atoms with Gasteiger partial charge in [0.15, 0.2) is 0 Å². The molecule has 1 aliphatic heterocycles. The van der Waals surface area contributed by atoms with Crippen LogP contribution in [0.15, 0.2) is 34.2 Å². The van der Waals surface area contributed by atoms with E-state index < -0.39 is 21.9 Å². The van der Waals surface area contributed by atoms with Crippen molar-refractivity contribution >= 4 is 21.8 Å². The summed E-state index contributed by atoms with van der Waals surface area (Å²) in [6, 6.07) is 6.51. The van der Waals surface area contributed by atoms with Crippen LogP contribution >= 0.6 is 0 Å². The Kier molecular flexibility index (Phi) is 4.08. The number of amidine groups is 1. The number of carbonyl (C=O) groups is 1. The van der Waals surface area contributed by atoms with Gasteiger partial charge in [0.1, 0.15) is 5.84 Å². The number of carboxylic acid groups (broad SMARTS) is 1. The average Bonchev–Trinajstić information content (AvgIpc) is 2.66. The maximum atomic E-state index is 11.9. The van der Waals surface area contributed by atoms with Crippen molar-refractivity contribution in [3.05, 3.63) is 29.8 Å². The highest BCUT2D eigenvalue weighted by Gasteiger charge is 2.30. The first-order valence-electron chi connectivity index (χ1n) is 6.35. The van der Waals surface area contributed by atoms with E-state index in [4.69, 9.17) is 5.11 Å². The molecule has 0 amide bonds. The number of sulfonamides is 1. The van der Waals surface area contributed by atoms with Crippen molar-refractivity contribution in [2.24, 2.45) is 10.9 Å². The average molecular weight is 296 g/mol. The largest absolute Gasteiger partial charge is 0.481 e. The number of hydrogen-bond donors (Lipinski definition) is 2. The number of fused-ring (bicyclic) bond motifs is 1. The lowest BCUT2D eigenvalue weighted by molar-refractivity contribution is -0.141. The standard InChI is InChI=1S/C13H16N2O4S/c1-2-5-9(13(16)17)8-14-12-10-6-3-4-7-11(10)20(18,19)15-12/h3-4,6-7,9H,2,5,8H2,1H3,(H,14,15)(H,16,17). The predicted octanol–water partition coefficient (Wildman–Crippen LogP) is 1.23. The second kappa shape index (κ2) is 5.62. The highest BCUT2D eigenvalue weighted by atomic mass is 32.2. The van der Waals surface area contributed by atoms with Crippen molar-refractivity contribution in [1.82, 2.24) is 4.72 Å². The zero-order valence-electron chi connectivity index (χ0n) is 11.0. The molecule has 7 heteroatoms. The van der Waals surface area contributed by atoms with Gasteiger partial charge in [0, 0.05) is 5.56 Å². The van der Waals surface area contributed by atoms with Crippen LogP contribution in [0, 0.1) is 5.92 Å². The monoisotopic (exact) mass is 296 g/mol. The van der Waals surface area contributed by atoms with E-state index in [1.54, 1.807) is 18.2 Å². The van der Waals surface area contributed by atoms with Gasteiger partial charge in [0.05, 0.1) is 17.4 Å². The molecule has 108 valence electrons. The number of aliphatic carboxylic acids is 1. The molecule has 0 spiro atoms. The quantitative estimate of drug-likeness (QED) is 0.854. The molecule has 0 aliphatic carbocycles. The molecule has 0 radical (unpaired) electrons. The molecule has 6 nitrogen and oxygen atoms in total. The number of carboxylic acids is 1. The molecule has 0 fully saturated rings. The van der Waals surface area contributed by atoms with Crippen molar-refractivity contribution in [2.45, 2.75) is 24.7 Å². The molecule has 1 atom stereocenters. The van der Waals surface area contributed by atoms with Gasteiger partial charge in [-0.15, -0.1) is 0 Å². The minimum Gasteiger partial charge on any atom is -0.481 e. The molecular weight excluding hydrogens is 280 g/mol. The molecule has 0 saturated heterocycles. The highest BCUT2D eigenvalue weighted by Crippen LogP contribution is 2.22. The fourth-order valence-electron chi connectivity index (χ4n) is 2.09. The normalized spacial score (nSPS) is 19.4. The Balaban J connectivity index is 2.27. The first kappa shape index (κ1) is 14.5. The van der Waals surface area contributed by atoms with Crippen molar-refractivity contribution in [2.75, 3.05) is 6.54 Å². The fraction of sp³-hybridized carbons (Fsp3) is 0.385. The predicted molar refractivity (Wildman–Crippen MR) is 74.2 cm³/mol. The maximum absolute atomic E-state index is 11.9. The van der Waals surface area contributed by atoms with Crippen molar-refractivity contribution < 1.29 is 18.3 Å². The summed E-state index contributed by atoms with van der Waals surface area (Å²) in [6.45, 7) is 1.96. The molecular formula is C13H16N2O4S. The van der Waals surface area contributed by atoms with Crippen LogP contribution in [0.25, 0.3) is 0 Å². The van der Waals surface area contributed by atoms with Crippen LogP contribution in [-0.4, -0.2) is 31.9 Å². The van der Waals surface area contributed by atoms with E-state index in [1.807, 2.05) is 6.92 Å². The van der Waals surface area contributed by atoms with E-state index in [1.165, 1.54) is 6.07 Å². The van der Waals surface area contributed by atoms with Crippen LogP contribution in [0.2, 0.25) is 0 Å². The Morgan fingerprint density at radius 2 is 2.10 bits per heavy atom. The van der Waals surface area contributed by atoms with Crippen LogP contribution < -0.4 is 4.72 Å². The lowest BCUT2D eigenvalue weighted by Crippen LogP contribution is -2.24. The molecule has 1 aliphatic rings. The van der Waals surface area contributed by atoms with E-state index >= 15 is 0 Å². The van der Waals surface area contributed by atoms with Crippen LogP contribution in [0.1, 0.15) is 25.3 Å². The SMILES string of the molecule is CCCC(CN=C1NS(=O)(=O)c2ccccc21)C(=O)O. The Morgan fingerprint density at radius 1 is 1.40 bits per heavy atom. The smallest absolute Gasteiger partial charge is 0.308 e. The van der Waals surface area contributed by atoms with Gasteiger partial charge in [-0.1, -0.05) is 25.5 Å². The summed E-state index contributed by atoms with van der Waals surface area (Å²) in [4.78, 5) is 15.4. The maximum Gasteiger partial charge on any atom is 0.308 e. The van der Waals surface area contributed by atoms with Gasteiger partial charge in [-0.2, -0.15) is 0 Å². The number of aliphatic imine (C=N–C) groups is 1. The Bertz CT molecular complexity index is 652. The number of rotatable bonds is 5. The van der Waals surface area contributed by atoms with Crippen LogP contribution in [0.5, 0.6) is 0 Å². The van der Waals surface area contributed by atoms with Gasteiger partial charge < -0.3 is 5.11 Å². The first-order valence-corrected chi connectivity index (χ1v) is 7.83. The van der Waals surface area contributed by atoms with Crippen molar-refractivity contribution in [1.29, 1.82) is 0 Å². The molecule has 0 aromatic heterocycles. The minimum atomic E-state index is -3.56. The summed E-state index contributed by atoms with van der Waals surface area (Å²) in [5.41, 5.74) is 0.494. The van der Waals surface area contributed by atoms with E-state index in [2.05, 4.69) is 9.71 Å². The van der Waals surface area contributed by atoms with Crippen LogP contribution in [-0.2, 0) is 14.8 Å². The third-order valence-electron chi connectivity index (χ3n) is 3.12. The van der Waals surface area contributed by atoms with E-state index in [9.17, 15) is 13.2 Å². The van der Waals surface area contributed by atoms with Gasteiger partial charge in [-0.3, -0.25) is 14.5 Å². The van der Waals surface area contributed by atoms with Gasteiger partial charge in [-0.25, -0.2) is 8.42 Å². The Hall–Kier alpha value is -1.89. The summed E-state index contributed by atoms with van der Waals surface area (Å²) in [7, 11) is -3.56. The molecule has 20 heavy (non-hydrogen) atoms. The van der Waals surface area contributed by atoms with Crippen molar-refractivity contribution in [3.8, 4) is 0 Å². The van der Waals surface area contributed by atoms with Gasteiger partial charge in [-0.05, 0) is 18.6 Å². The summed E-state index contributed by atoms with van der Waals surface area (Å²) >= 11 is 0. The minimum absolute atomic E-state index is 0.0648. The van der Waals surface area contributed by atoms with Crippen molar-refractivity contribution in [3.63, 3.8) is 0 Å². The highest BCUT2D eigenvalue weighted by molar-refractivity contribution is 7.90. The van der Waals surface area contributed by atoms with Crippen LogP contribution in [0.3, 0.4) is 0 Å². The van der Waals surface area contributed by atoms with Gasteiger partial charge >= 0.3 is 5.97 Å². The molecule has 0 bridgehead atoms. The van der Waals surface area contributed by atoms with Gasteiger partial charge in [0.25, 0.3) is 10.0 Å².